The van der Waals surface area contributed by atoms with Gasteiger partial charge in [-0.1, -0.05) is 30.3 Å². The third kappa shape index (κ3) is 2.00. The fourth-order valence-electron chi connectivity index (χ4n) is 3.13. The van der Waals surface area contributed by atoms with Crippen molar-refractivity contribution in [2.75, 3.05) is 0 Å². The van der Waals surface area contributed by atoms with Gasteiger partial charge < -0.3 is 0 Å². The van der Waals surface area contributed by atoms with Crippen molar-refractivity contribution >= 4 is 56.3 Å². The van der Waals surface area contributed by atoms with Crippen LogP contribution in [0.25, 0.3) is 10.8 Å². The average Bonchev–Trinajstić information content (AvgIpc) is 3.07. The van der Waals surface area contributed by atoms with Crippen LogP contribution in [0.3, 0.4) is 0 Å². The van der Waals surface area contributed by atoms with Crippen molar-refractivity contribution in [1.29, 1.82) is 0 Å². The Morgan fingerprint density at radius 1 is 1.10 bits per heavy atom. The molecule has 1 aliphatic rings. The molecular formula is C17H12ClIS. The minimum absolute atomic E-state index is 0.0559. The van der Waals surface area contributed by atoms with Crippen LogP contribution in [-0.4, -0.2) is 0 Å². The van der Waals surface area contributed by atoms with E-state index in [9.17, 15) is 0 Å². The smallest absolute Gasteiger partial charge is 0.0849 e. The monoisotopic (exact) mass is 410 g/mol. The summed E-state index contributed by atoms with van der Waals surface area (Å²) >= 11 is 10.9. The Morgan fingerprint density at radius 2 is 1.90 bits per heavy atom. The molecular weight excluding hydrogens is 399 g/mol. The first-order chi connectivity index (χ1) is 9.74. The molecule has 0 spiro atoms. The highest BCUT2D eigenvalue weighted by molar-refractivity contribution is 14.1. The van der Waals surface area contributed by atoms with Gasteiger partial charge in [0.2, 0.25) is 0 Å². The van der Waals surface area contributed by atoms with Gasteiger partial charge in [0.15, 0.2) is 0 Å². The van der Waals surface area contributed by atoms with E-state index in [-0.39, 0.29) is 5.38 Å². The predicted octanol–water partition coefficient (Wildman–Crippen LogP) is 5.93. The van der Waals surface area contributed by atoms with Crippen molar-refractivity contribution < 1.29 is 0 Å². The van der Waals surface area contributed by atoms with E-state index in [1.807, 2.05) is 0 Å². The number of hydrogen-bond donors (Lipinski definition) is 0. The summed E-state index contributed by atoms with van der Waals surface area (Å²) in [5.74, 6) is 0. The molecule has 100 valence electrons. The van der Waals surface area contributed by atoms with E-state index in [1.165, 1.54) is 48.8 Å². The molecule has 0 radical (unpaired) electrons. The molecule has 20 heavy (non-hydrogen) atoms. The van der Waals surface area contributed by atoms with Crippen molar-refractivity contribution in [3.63, 3.8) is 0 Å². The molecule has 2 aromatic carbocycles. The van der Waals surface area contributed by atoms with Crippen LogP contribution in [0.1, 0.15) is 27.6 Å². The summed E-state index contributed by atoms with van der Waals surface area (Å²) in [4.78, 5) is 0. The molecule has 0 nitrogen and oxygen atoms in total. The lowest BCUT2D eigenvalue weighted by molar-refractivity contribution is 1.02. The second kappa shape index (κ2) is 5.00. The third-order valence-corrected chi connectivity index (χ3v) is 6.36. The van der Waals surface area contributed by atoms with Gasteiger partial charge in [-0.2, -0.15) is 0 Å². The number of aryl methyl sites for hydroxylation is 2. The molecule has 0 bridgehead atoms. The lowest BCUT2D eigenvalue weighted by atomic mass is 9.96. The fourth-order valence-corrected chi connectivity index (χ4v) is 4.92. The first-order valence-electron chi connectivity index (χ1n) is 6.65. The highest BCUT2D eigenvalue weighted by Gasteiger charge is 2.20. The van der Waals surface area contributed by atoms with Gasteiger partial charge in [-0.25, -0.2) is 0 Å². The summed E-state index contributed by atoms with van der Waals surface area (Å²) in [6.07, 6.45) is 2.33. The predicted molar refractivity (Wildman–Crippen MR) is 96.1 cm³/mol. The maximum Gasteiger partial charge on any atom is 0.0849 e. The van der Waals surface area contributed by atoms with Crippen molar-refractivity contribution in [2.45, 2.75) is 18.2 Å². The maximum absolute atomic E-state index is 6.75. The topological polar surface area (TPSA) is 0 Å². The van der Waals surface area contributed by atoms with Gasteiger partial charge in [-0.3, -0.25) is 0 Å². The Labute approximate surface area is 140 Å². The van der Waals surface area contributed by atoms with Crippen LogP contribution >= 0.6 is 45.5 Å². The van der Waals surface area contributed by atoms with Crippen LogP contribution in [-0.2, 0) is 12.8 Å². The summed E-state index contributed by atoms with van der Waals surface area (Å²) in [6.45, 7) is 0. The molecule has 3 heteroatoms. The summed E-state index contributed by atoms with van der Waals surface area (Å²) in [5.41, 5.74) is 5.40. The molecule has 0 fully saturated rings. The minimum atomic E-state index is -0.0559. The van der Waals surface area contributed by atoms with Crippen LogP contribution < -0.4 is 0 Å². The average molecular weight is 411 g/mol. The number of rotatable bonds is 2. The van der Waals surface area contributed by atoms with E-state index >= 15 is 0 Å². The summed E-state index contributed by atoms with van der Waals surface area (Å²) in [6, 6.07) is 13.3. The third-order valence-electron chi connectivity index (χ3n) is 4.06. The molecule has 3 aromatic rings. The van der Waals surface area contributed by atoms with Crippen LogP contribution in [0.5, 0.6) is 0 Å². The standard InChI is InChI=1S/C17H12ClIS/c18-17(12-8-15(19)20-9-12)14-7-6-11-5-4-10-2-1-3-13(14)16(10)11/h1-3,6-9,17H,4-5H2. The first-order valence-corrected chi connectivity index (χ1v) is 9.05. The van der Waals surface area contributed by atoms with Crippen LogP contribution in [0.4, 0.5) is 0 Å². The molecule has 4 rings (SSSR count). The van der Waals surface area contributed by atoms with E-state index in [4.69, 9.17) is 11.6 Å². The van der Waals surface area contributed by atoms with Gasteiger partial charge in [-0.05, 0) is 79.9 Å². The molecule has 1 aliphatic carbocycles. The second-order valence-corrected chi connectivity index (χ2v) is 8.44. The molecule has 0 amide bonds. The zero-order chi connectivity index (χ0) is 13.7. The van der Waals surface area contributed by atoms with Crippen LogP contribution in [0.15, 0.2) is 41.8 Å². The quantitative estimate of drug-likeness (QED) is 0.363. The lowest BCUT2D eigenvalue weighted by Crippen LogP contribution is -1.94. The highest BCUT2D eigenvalue weighted by Crippen LogP contribution is 2.40. The largest absolute Gasteiger partial charge is 0.137 e. The SMILES string of the molecule is ClC(c1csc(I)c1)c1ccc2c3c(cccc13)CC2. The molecule has 0 N–H and O–H groups in total. The Morgan fingerprint density at radius 3 is 2.65 bits per heavy atom. The van der Waals surface area contributed by atoms with Gasteiger partial charge in [-0.15, -0.1) is 22.9 Å². The fraction of sp³-hybridized carbons (Fsp3) is 0.176. The van der Waals surface area contributed by atoms with E-state index in [0.29, 0.717) is 0 Å². The lowest BCUT2D eigenvalue weighted by Gasteiger charge is -2.13. The Hall–Kier alpha value is -0.580. The zero-order valence-electron chi connectivity index (χ0n) is 10.7. The van der Waals surface area contributed by atoms with Crippen molar-refractivity contribution in [3.05, 3.63) is 66.9 Å². The number of alkyl halides is 1. The minimum Gasteiger partial charge on any atom is -0.137 e. The number of hydrogen-bond acceptors (Lipinski definition) is 1. The van der Waals surface area contributed by atoms with Crippen molar-refractivity contribution in [3.8, 4) is 0 Å². The molecule has 0 saturated heterocycles. The van der Waals surface area contributed by atoms with E-state index in [0.717, 1.165) is 0 Å². The Balaban J connectivity index is 1.93. The van der Waals surface area contributed by atoms with E-state index in [2.05, 4.69) is 64.4 Å². The van der Waals surface area contributed by atoms with Gasteiger partial charge in [0.05, 0.1) is 8.26 Å². The molecule has 0 aliphatic heterocycles. The molecule has 1 unspecified atom stereocenters. The first kappa shape index (κ1) is 13.1. The van der Waals surface area contributed by atoms with Gasteiger partial charge in [0.1, 0.15) is 0 Å². The number of thiophene rings is 1. The van der Waals surface area contributed by atoms with E-state index in [1.54, 1.807) is 11.3 Å². The van der Waals surface area contributed by atoms with Crippen molar-refractivity contribution in [1.82, 2.24) is 0 Å². The number of halogens is 2. The van der Waals surface area contributed by atoms with Gasteiger partial charge in [0.25, 0.3) is 0 Å². The van der Waals surface area contributed by atoms with Crippen LogP contribution in [0.2, 0.25) is 0 Å². The van der Waals surface area contributed by atoms with Crippen molar-refractivity contribution in [2.24, 2.45) is 0 Å². The summed E-state index contributed by atoms with van der Waals surface area (Å²) < 4.78 is 1.29. The molecule has 1 atom stereocenters. The van der Waals surface area contributed by atoms with Gasteiger partial charge in [0, 0.05) is 0 Å². The molecule has 1 aromatic heterocycles. The Kier molecular flexibility index (Phi) is 3.28. The van der Waals surface area contributed by atoms with E-state index < -0.39 is 0 Å². The normalized spacial score (nSPS) is 14.9. The van der Waals surface area contributed by atoms with Crippen LogP contribution in [0, 0.1) is 2.88 Å². The van der Waals surface area contributed by atoms with Gasteiger partial charge >= 0.3 is 0 Å². The zero-order valence-corrected chi connectivity index (χ0v) is 14.4. The number of benzene rings is 2. The highest BCUT2D eigenvalue weighted by atomic mass is 127. The molecule has 1 heterocycles. The summed E-state index contributed by atoms with van der Waals surface area (Å²) in [7, 11) is 0. The maximum atomic E-state index is 6.75. The molecule has 0 saturated carbocycles. The Bertz CT molecular complexity index is 796. The summed E-state index contributed by atoms with van der Waals surface area (Å²) in [5, 5.41) is 4.89. The second-order valence-electron chi connectivity index (χ2n) is 5.20.